The molecule has 4 heteroatoms. The Kier molecular flexibility index (Phi) is 8.76. The lowest BCUT2D eigenvalue weighted by Gasteiger charge is -2.12. The molecule has 17 rings (SSSR count). The van der Waals surface area contributed by atoms with Crippen LogP contribution in [0.5, 0.6) is 0 Å². The van der Waals surface area contributed by atoms with E-state index in [4.69, 9.17) is 0 Å². The molecule has 76 heavy (non-hydrogen) atoms. The molecule has 0 amide bonds. The summed E-state index contributed by atoms with van der Waals surface area (Å²) in [5.74, 6) is 0. The van der Waals surface area contributed by atoms with Gasteiger partial charge in [0.2, 0.25) is 0 Å². The zero-order chi connectivity index (χ0) is 49.6. The molecular weight excluding hydrogens is 921 g/mol. The molecule has 356 valence electrons. The lowest BCUT2D eigenvalue weighted by atomic mass is 10.0. The van der Waals surface area contributed by atoms with Crippen molar-refractivity contribution in [3.8, 4) is 11.4 Å². The second-order valence-electron chi connectivity index (χ2n) is 21.1. The van der Waals surface area contributed by atoms with E-state index in [2.05, 4.69) is 261 Å². The van der Waals surface area contributed by atoms with Gasteiger partial charge in [0.15, 0.2) is 0 Å². The lowest BCUT2D eigenvalue weighted by molar-refractivity contribution is 1.02. The maximum Gasteiger partial charge on any atom is 0.0541 e. The molecule has 0 aliphatic heterocycles. The first kappa shape index (κ1) is 41.8. The molecule has 0 fully saturated rings. The van der Waals surface area contributed by atoms with Crippen LogP contribution in [0.2, 0.25) is 0 Å². The van der Waals surface area contributed by atoms with Crippen LogP contribution in [-0.2, 0) is 0 Å². The first-order valence-electron chi connectivity index (χ1n) is 26.9. The predicted octanol–water partition coefficient (Wildman–Crippen LogP) is 19.7. The fourth-order valence-electron chi connectivity index (χ4n) is 13.3. The van der Waals surface area contributed by atoms with E-state index in [1.165, 1.54) is 142 Å². The van der Waals surface area contributed by atoms with E-state index in [9.17, 15) is 0 Å². The number of rotatable bonds is 4. The van der Waals surface area contributed by atoms with Crippen molar-refractivity contribution in [3.05, 3.63) is 243 Å². The van der Waals surface area contributed by atoms with Crippen LogP contribution >= 0.6 is 0 Å². The predicted molar refractivity (Wildman–Crippen MR) is 325 cm³/mol. The molecule has 0 saturated carbocycles. The Labute approximate surface area is 437 Å². The number of allylic oxidation sites excluding steroid dienone is 8. The van der Waals surface area contributed by atoms with Gasteiger partial charge in [-0.05, 0) is 202 Å². The first-order valence-corrected chi connectivity index (χ1v) is 26.9. The molecule has 0 saturated heterocycles. The molecule has 0 unspecified atom stereocenters. The van der Waals surface area contributed by atoms with Gasteiger partial charge in [0.1, 0.15) is 0 Å². The topological polar surface area (TPSA) is 19.7 Å². The van der Waals surface area contributed by atoms with Crippen LogP contribution < -0.4 is 0 Å². The Hall–Kier alpha value is -9.64. The maximum absolute atomic E-state index is 2.48. The molecule has 0 spiro atoms. The zero-order valence-corrected chi connectivity index (χ0v) is 41.7. The molecule has 4 aromatic heterocycles. The number of benzene rings is 10. The van der Waals surface area contributed by atoms with Crippen molar-refractivity contribution in [1.82, 2.24) is 18.3 Å². The summed E-state index contributed by atoms with van der Waals surface area (Å²) in [6.07, 6.45) is 18.3. The quantitative estimate of drug-likeness (QED) is 0.167. The van der Waals surface area contributed by atoms with E-state index >= 15 is 0 Å². The van der Waals surface area contributed by atoms with Gasteiger partial charge in [0.05, 0.1) is 44.1 Å². The van der Waals surface area contributed by atoms with Crippen LogP contribution in [-0.4, -0.2) is 18.3 Å². The van der Waals surface area contributed by atoms with Gasteiger partial charge >= 0.3 is 0 Å². The van der Waals surface area contributed by atoms with E-state index in [0.717, 1.165) is 37.1 Å². The van der Waals surface area contributed by atoms with Crippen molar-refractivity contribution in [2.75, 3.05) is 0 Å². The third-order valence-corrected chi connectivity index (χ3v) is 16.9. The molecule has 0 atom stereocenters. The van der Waals surface area contributed by atoms with E-state index in [1.807, 2.05) is 0 Å². The molecule has 15 aromatic rings. The number of para-hydroxylation sites is 2. The SMILES string of the molecule is C1=CC(n2c3ccc4cc3c3cc(ccc32)c2ccc3c(c2)c2cc(ccc2n3-c2ccccc2)c2ccc3c(c2)c2cc(ccc2n3-c2ccccc2)c2ccc3c(c2)c2cc4ccc2n3C2=CCCC=C2)=CCC1. The Balaban J connectivity index is 1.04. The molecule has 0 radical (unpaired) electrons. The standard InChI is InChI=1S/C72H48N4/c1-5-13-53(14-6-1)73-65-29-21-45-37-57(65)58-38-46(22-30-66(58)73)48-24-32-68-60(40-48)62-42-50(26-34-70(62)75(68)55-17-9-3-10-18-55)52-28-36-72-64(44-52)63-43-51(27-35-71(63)76(72)56-19-11-4-12-20-56)49-25-33-69-61(41-49)59-39-47(45)23-31-67(59)74(69)54-15-7-2-8-16-54/h1-2,5-9,11,13-44H,3-4,10,12H2. The van der Waals surface area contributed by atoms with Crippen LogP contribution in [0.1, 0.15) is 25.7 Å². The van der Waals surface area contributed by atoms with Crippen molar-refractivity contribution in [3.63, 3.8) is 0 Å². The summed E-state index contributed by atoms with van der Waals surface area (Å²) in [6, 6.07) is 78.6. The molecular formula is C72H48N4. The fourth-order valence-corrected chi connectivity index (χ4v) is 13.3. The van der Waals surface area contributed by atoms with Gasteiger partial charge < -0.3 is 18.3 Å². The van der Waals surface area contributed by atoms with Crippen molar-refractivity contribution >= 4 is 142 Å². The van der Waals surface area contributed by atoms with E-state index in [0.29, 0.717) is 0 Å². The average Bonchev–Trinajstić information content (AvgIpc) is 4.24. The van der Waals surface area contributed by atoms with Crippen molar-refractivity contribution in [2.45, 2.75) is 25.7 Å². The average molecular weight is 969 g/mol. The molecule has 11 aromatic carbocycles. The van der Waals surface area contributed by atoms with E-state index in [1.54, 1.807) is 0 Å². The number of hydrogen-bond acceptors (Lipinski definition) is 0. The van der Waals surface area contributed by atoms with Gasteiger partial charge in [-0.15, -0.1) is 0 Å². The summed E-state index contributed by atoms with van der Waals surface area (Å²) in [4.78, 5) is 0. The van der Waals surface area contributed by atoms with Gasteiger partial charge in [0, 0.05) is 65.9 Å². The zero-order valence-electron chi connectivity index (χ0n) is 41.7. The second kappa shape index (κ2) is 15.9. The maximum atomic E-state index is 2.48. The molecule has 16 bridgehead atoms. The lowest BCUT2D eigenvalue weighted by Crippen LogP contribution is -1.96. The number of fused-ring (bicyclic) bond motifs is 12. The smallest absolute Gasteiger partial charge is 0.0541 e. The van der Waals surface area contributed by atoms with Crippen LogP contribution in [0.15, 0.2) is 243 Å². The minimum atomic E-state index is 1.04. The van der Waals surface area contributed by atoms with Crippen LogP contribution in [0.3, 0.4) is 0 Å². The number of aromatic nitrogens is 4. The second-order valence-corrected chi connectivity index (χ2v) is 21.1. The van der Waals surface area contributed by atoms with Crippen molar-refractivity contribution in [2.24, 2.45) is 0 Å². The van der Waals surface area contributed by atoms with Crippen molar-refractivity contribution in [1.29, 1.82) is 0 Å². The Morgan fingerprint density at radius 3 is 0.684 bits per heavy atom. The van der Waals surface area contributed by atoms with E-state index < -0.39 is 0 Å². The van der Waals surface area contributed by atoms with Crippen LogP contribution in [0.4, 0.5) is 0 Å². The van der Waals surface area contributed by atoms with Gasteiger partial charge in [-0.1, -0.05) is 109 Å². The highest BCUT2D eigenvalue weighted by Gasteiger charge is 2.20. The highest BCUT2D eigenvalue weighted by atomic mass is 15.0. The summed E-state index contributed by atoms with van der Waals surface area (Å²) < 4.78 is 9.83. The highest BCUT2D eigenvalue weighted by molar-refractivity contribution is 6.20. The highest BCUT2D eigenvalue weighted by Crippen LogP contribution is 2.42. The van der Waals surface area contributed by atoms with Crippen LogP contribution in [0, 0.1) is 0 Å². The van der Waals surface area contributed by atoms with Crippen molar-refractivity contribution < 1.29 is 0 Å². The number of hydrogen-bond donors (Lipinski definition) is 0. The van der Waals surface area contributed by atoms with E-state index in [-0.39, 0.29) is 0 Å². The molecule has 4 heterocycles. The van der Waals surface area contributed by atoms with Gasteiger partial charge in [-0.25, -0.2) is 0 Å². The third-order valence-electron chi connectivity index (χ3n) is 16.9. The molecule has 2 aliphatic carbocycles. The normalized spacial score (nSPS) is 14.2. The Bertz CT molecular complexity index is 4870. The number of nitrogens with zero attached hydrogens (tertiary/aromatic N) is 4. The fraction of sp³-hybridized carbons (Fsp3) is 0.0556. The Morgan fingerprint density at radius 1 is 0.224 bits per heavy atom. The van der Waals surface area contributed by atoms with Gasteiger partial charge in [0.25, 0.3) is 0 Å². The van der Waals surface area contributed by atoms with Gasteiger partial charge in [-0.2, -0.15) is 0 Å². The Morgan fingerprint density at radius 2 is 0.461 bits per heavy atom. The molecule has 0 N–H and O–H groups in total. The minimum Gasteiger partial charge on any atom is -0.310 e. The largest absolute Gasteiger partial charge is 0.310 e. The molecule has 2 aliphatic rings. The first-order chi connectivity index (χ1) is 37.7. The third kappa shape index (κ3) is 6.07. The van der Waals surface area contributed by atoms with Gasteiger partial charge in [-0.3, -0.25) is 0 Å². The van der Waals surface area contributed by atoms with Crippen LogP contribution in [0.25, 0.3) is 153 Å². The summed E-state index contributed by atoms with van der Waals surface area (Å²) in [6.45, 7) is 0. The summed E-state index contributed by atoms with van der Waals surface area (Å²) in [5.41, 5.74) is 14.4. The summed E-state index contributed by atoms with van der Waals surface area (Å²) in [5, 5.41) is 19.6. The minimum absolute atomic E-state index is 1.04. The monoisotopic (exact) mass is 968 g/mol. The summed E-state index contributed by atoms with van der Waals surface area (Å²) >= 11 is 0. The summed E-state index contributed by atoms with van der Waals surface area (Å²) in [7, 11) is 0. The molecule has 4 nitrogen and oxygen atoms in total.